The van der Waals surface area contributed by atoms with Crippen LogP contribution >= 0.6 is 0 Å². The number of nitriles is 1. The minimum atomic E-state index is 0.577. The van der Waals surface area contributed by atoms with Gasteiger partial charge in [0.1, 0.15) is 5.82 Å². The minimum absolute atomic E-state index is 0.577. The van der Waals surface area contributed by atoms with Crippen molar-refractivity contribution in [2.24, 2.45) is 0 Å². The summed E-state index contributed by atoms with van der Waals surface area (Å²) in [5.41, 5.74) is 7.89. The van der Waals surface area contributed by atoms with E-state index in [1.165, 1.54) is 0 Å². The molecule has 0 saturated carbocycles. The molecule has 0 radical (unpaired) electrons. The fourth-order valence-electron chi connectivity index (χ4n) is 1.71. The molecular weight excluding hydrogens is 226 g/mol. The van der Waals surface area contributed by atoms with Crippen LogP contribution in [0.3, 0.4) is 0 Å². The van der Waals surface area contributed by atoms with Gasteiger partial charge in [-0.05, 0) is 24.6 Å². The van der Waals surface area contributed by atoms with Crippen molar-refractivity contribution >= 4 is 11.4 Å². The fourth-order valence-corrected chi connectivity index (χ4v) is 1.71. The zero-order chi connectivity index (χ0) is 12.8. The molecule has 2 aromatic rings. The summed E-state index contributed by atoms with van der Waals surface area (Å²) in [7, 11) is 0. The molecule has 4 N–H and O–H groups in total. The largest absolute Gasteiger partial charge is 0.397 e. The van der Waals surface area contributed by atoms with E-state index in [1.54, 1.807) is 18.3 Å². The predicted octanol–water partition coefficient (Wildman–Crippen LogP) is 1.91. The standard InChI is InChI=1S/C13H15N5/c14-9-10-3-4-12(11(15)8-10)16-5-1-2-13-17-6-7-18-13/h3-4,6-8,16H,1-2,5,15H2,(H,17,18). The van der Waals surface area contributed by atoms with E-state index in [0.29, 0.717) is 11.3 Å². The molecule has 0 unspecified atom stereocenters. The maximum Gasteiger partial charge on any atom is 0.106 e. The van der Waals surface area contributed by atoms with E-state index in [0.717, 1.165) is 30.9 Å². The highest BCUT2D eigenvalue weighted by Crippen LogP contribution is 2.19. The van der Waals surface area contributed by atoms with Crippen molar-refractivity contribution < 1.29 is 0 Å². The summed E-state index contributed by atoms with van der Waals surface area (Å²) < 4.78 is 0. The van der Waals surface area contributed by atoms with E-state index < -0.39 is 0 Å². The average Bonchev–Trinajstić information content (AvgIpc) is 2.89. The summed E-state index contributed by atoms with van der Waals surface area (Å²) in [4.78, 5) is 7.22. The molecule has 0 aliphatic heterocycles. The molecule has 1 aromatic heterocycles. The number of aryl methyl sites for hydroxylation is 1. The van der Waals surface area contributed by atoms with Gasteiger partial charge < -0.3 is 16.0 Å². The van der Waals surface area contributed by atoms with Gasteiger partial charge in [-0.15, -0.1) is 0 Å². The van der Waals surface area contributed by atoms with Crippen molar-refractivity contribution in [1.82, 2.24) is 9.97 Å². The van der Waals surface area contributed by atoms with E-state index in [4.69, 9.17) is 11.0 Å². The van der Waals surface area contributed by atoms with E-state index in [1.807, 2.05) is 12.3 Å². The number of benzene rings is 1. The van der Waals surface area contributed by atoms with Crippen molar-refractivity contribution in [3.63, 3.8) is 0 Å². The third kappa shape index (κ3) is 3.01. The number of nitrogens with two attached hydrogens (primary N) is 1. The normalized spacial score (nSPS) is 9.94. The molecule has 0 aliphatic rings. The molecule has 1 heterocycles. The molecule has 0 fully saturated rings. The number of nitrogens with one attached hydrogen (secondary N) is 2. The Labute approximate surface area is 106 Å². The second kappa shape index (κ2) is 5.73. The number of aromatic amines is 1. The Morgan fingerprint density at radius 2 is 2.33 bits per heavy atom. The number of anilines is 2. The summed E-state index contributed by atoms with van der Waals surface area (Å²) in [5, 5.41) is 12.0. The van der Waals surface area contributed by atoms with Crippen LogP contribution in [-0.2, 0) is 6.42 Å². The van der Waals surface area contributed by atoms with Gasteiger partial charge in [-0.3, -0.25) is 0 Å². The topological polar surface area (TPSA) is 90.5 Å². The molecule has 5 heteroatoms. The number of nitrogens with zero attached hydrogens (tertiary/aromatic N) is 2. The van der Waals surface area contributed by atoms with Crippen LogP contribution in [0.25, 0.3) is 0 Å². The lowest BCUT2D eigenvalue weighted by Gasteiger charge is -2.08. The summed E-state index contributed by atoms with van der Waals surface area (Å²) in [6.07, 6.45) is 5.44. The number of rotatable bonds is 5. The first-order valence-corrected chi connectivity index (χ1v) is 5.81. The summed E-state index contributed by atoms with van der Waals surface area (Å²) in [6, 6.07) is 7.33. The second-order valence-electron chi connectivity index (χ2n) is 3.98. The first kappa shape index (κ1) is 12.0. The molecule has 5 nitrogen and oxygen atoms in total. The molecule has 18 heavy (non-hydrogen) atoms. The highest BCUT2D eigenvalue weighted by Gasteiger charge is 2.00. The number of nitrogen functional groups attached to an aromatic ring is 1. The number of hydrogen-bond acceptors (Lipinski definition) is 4. The van der Waals surface area contributed by atoms with Crippen molar-refractivity contribution in [2.45, 2.75) is 12.8 Å². The van der Waals surface area contributed by atoms with Crippen LogP contribution in [0.1, 0.15) is 17.8 Å². The maximum atomic E-state index is 8.74. The van der Waals surface area contributed by atoms with Crippen molar-refractivity contribution in [3.05, 3.63) is 42.0 Å². The van der Waals surface area contributed by atoms with Gasteiger partial charge in [-0.1, -0.05) is 0 Å². The summed E-state index contributed by atoms with van der Waals surface area (Å²) >= 11 is 0. The lowest BCUT2D eigenvalue weighted by Crippen LogP contribution is -2.06. The van der Waals surface area contributed by atoms with E-state index in [-0.39, 0.29) is 0 Å². The van der Waals surface area contributed by atoms with Gasteiger partial charge in [0.15, 0.2) is 0 Å². The lowest BCUT2D eigenvalue weighted by molar-refractivity contribution is 0.816. The molecule has 0 amide bonds. The van der Waals surface area contributed by atoms with E-state index >= 15 is 0 Å². The molecular formula is C13H15N5. The first-order chi connectivity index (χ1) is 8.79. The fraction of sp³-hybridized carbons (Fsp3) is 0.231. The Hall–Kier alpha value is -2.48. The molecule has 0 aliphatic carbocycles. The molecule has 1 aromatic carbocycles. The Kier molecular flexibility index (Phi) is 3.82. The number of aromatic nitrogens is 2. The van der Waals surface area contributed by atoms with Gasteiger partial charge >= 0.3 is 0 Å². The minimum Gasteiger partial charge on any atom is -0.397 e. The number of hydrogen-bond donors (Lipinski definition) is 3. The molecule has 0 spiro atoms. The molecule has 0 saturated heterocycles. The molecule has 0 bridgehead atoms. The lowest BCUT2D eigenvalue weighted by atomic mass is 10.2. The maximum absolute atomic E-state index is 8.74. The van der Waals surface area contributed by atoms with Gasteiger partial charge in [0, 0.05) is 25.4 Å². The Bertz CT molecular complexity index is 539. The Morgan fingerprint density at radius 3 is 3.00 bits per heavy atom. The molecule has 2 rings (SSSR count). The van der Waals surface area contributed by atoms with Crippen molar-refractivity contribution in [1.29, 1.82) is 5.26 Å². The SMILES string of the molecule is N#Cc1ccc(NCCCc2ncc[nH]2)c(N)c1. The Morgan fingerprint density at radius 1 is 1.44 bits per heavy atom. The number of H-pyrrole nitrogens is 1. The molecule has 92 valence electrons. The average molecular weight is 241 g/mol. The predicted molar refractivity (Wildman–Crippen MR) is 71.0 cm³/mol. The van der Waals surface area contributed by atoms with Crippen LogP contribution in [0.4, 0.5) is 11.4 Å². The molecule has 0 atom stereocenters. The third-order valence-corrected chi connectivity index (χ3v) is 2.64. The highest BCUT2D eigenvalue weighted by atomic mass is 14.9. The van der Waals surface area contributed by atoms with E-state index in [2.05, 4.69) is 21.4 Å². The van der Waals surface area contributed by atoms with Gasteiger partial charge in [0.2, 0.25) is 0 Å². The van der Waals surface area contributed by atoms with E-state index in [9.17, 15) is 0 Å². The van der Waals surface area contributed by atoms with Crippen LogP contribution in [0, 0.1) is 11.3 Å². The van der Waals surface area contributed by atoms with Crippen LogP contribution in [0.2, 0.25) is 0 Å². The zero-order valence-corrected chi connectivity index (χ0v) is 9.98. The second-order valence-corrected chi connectivity index (χ2v) is 3.98. The van der Waals surface area contributed by atoms with Crippen LogP contribution in [-0.4, -0.2) is 16.5 Å². The number of imidazole rings is 1. The van der Waals surface area contributed by atoms with Crippen LogP contribution in [0.15, 0.2) is 30.6 Å². The zero-order valence-electron chi connectivity index (χ0n) is 9.98. The van der Waals surface area contributed by atoms with Gasteiger partial charge in [-0.2, -0.15) is 5.26 Å². The van der Waals surface area contributed by atoms with Crippen LogP contribution in [0.5, 0.6) is 0 Å². The summed E-state index contributed by atoms with van der Waals surface area (Å²) in [5.74, 6) is 0.990. The third-order valence-electron chi connectivity index (χ3n) is 2.64. The van der Waals surface area contributed by atoms with Crippen LogP contribution < -0.4 is 11.1 Å². The van der Waals surface area contributed by atoms with Gasteiger partial charge in [0.25, 0.3) is 0 Å². The summed E-state index contributed by atoms with van der Waals surface area (Å²) in [6.45, 7) is 0.816. The van der Waals surface area contributed by atoms with Gasteiger partial charge in [-0.25, -0.2) is 4.98 Å². The smallest absolute Gasteiger partial charge is 0.106 e. The first-order valence-electron chi connectivity index (χ1n) is 5.81. The highest BCUT2D eigenvalue weighted by molar-refractivity contribution is 5.68. The van der Waals surface area contributed by atoms with Crippen molar-refractivity contribution in [2.75, 3.05) is 17.6 Å². The quantitative estimate of drug-likeness (QED) is 0.551. The Balaban J connectivity index is 1.82. The monoisotopic (exact) mass is 241 g/mol. The van der Waals surface area contributed by atoms with Gasteiger partial charge in [0.05, 0.1) is 23.0 Å². The van der Waals surface area contributed by atoms with Crippen molar-refractivity contribution in [3.8, 4) is 6.07 Å².